The average molecular weight is 414 g/mol. The number of nitrogens with zero attached hydrogens (tertiary/aromatic N) is 3. The second-order valence-corrected chi connectivity index (χ2v) is 6.90. The van der Waals surface area contributed by atoms with Crippen LogP contribution in [0, 0.1) is 5.82 Å². The molecule has 1 aromatic heterocycles. The fourth-order valence-electron chi connectivity index (χ4n) is 2.80. The van der Waals surface area contributed by atoms with Gasteiger partial charge in [0.15, 0.2) is 0 Å². The summed E-state index contributed by atoms with van der Waals surface area (Å²) in [6.45, 7) is -1.96. The van der Waals surface area contributed by atoms with E-state index < -0.39 is 49.6 Å². The number of rotatable bonds is 6. The number of hydrogen-bond donors (Lipinski definition) is 0. The van der Waals surface area contributed by atoms with E-state index in [1.54, 1.807) is 0 Å². The van der Waals surface area contributed by atoms with Crippen molar-refractivity contribution in [2.24, 2.45) is 0 Å². The van der Waals surface area contributed by atoms with Crippen LogP contribution in [0.1, 0.15) is 62.5 Å². The van der Waals surface area contributed by atoms with Crippen molar-refractivity contribution < 1.29 is 21.8 Å². The van der Waals surface area contributed by atoms with Gasteiger partial charge in [-0.05, 0) is 55.8 Å². The van der Waals surface area contributed by atoms with E-state index in [0.29, 0.717) is 16.3 Å². The summed E-state index contributed by atoms with van der Waals surface area (Å²) in [7, 11) is 0. The number of piperidine rings is 1. The topological polar surface area (TPSA) is 46.1 Å². The maximum Gasteiger partial charge on any atom is 0.253 e. The third-order valence-corrected chi connectivity index (χ3v) is 4.77. The third kappa shape index (κ3) is 5.04. The van der Waals surface area contributed by atoms with Gasteiger partial charge in [0.1, 0.15) is 17.3 Å². The Morgan fingerprint density at radius 2 is 2.18 bits per heavy atom. The molecule has 0 spiro atoms. The quantitative estimate of drug-likeness (QED) is 0.683. The summed E-state index contributed by atoms with van der Waals surface area (Å²) in [6, 6.07) is 3.09. The Hall–Kier alpha value is -2.08. The maximum atomic E-state index is 15.8. The van der Waals surface area contributed by atoms with Gasteiger partial charge < -0.3 is 4.90 Å². The molecule has 0 radical (unpaired) electrons. The van der Waals surface area contributed by atoms with E-state index in [4.69, 9.17) is 19.8 Å². The van der Waals surface area contributed by atoms with Crippen molar-refractivity contribution in [2.45, 2.75) is 51.0 Å². The van der Waals surface area contributed by atoms with E-state index in [1.165, 1.54) is 19.3 Å². The van der Waals surface area contributed by atoms with Crippen LogP contribution >= 0.6 is 11.6 Å². The number of likely N-dealkylation sites (tertiary alicyclic amines) is 1. The van der Waals surface area contributed by atoms with Gasteiger partial charge in [-0.25, -0.2) is 18.7 Å². The van der Waals surface area contributed by atoms with E-state index in [-0.39, 0.29) is 29.8 Å². The zero-order valence-electron chi connectivity index (χ0n) is 21.3. The first kappa shape index (κ1) is 14.0. The first-order valence-electron chi connectivity index (χ1n) is 11.8. The molecule has 1 amide bonds. The Morgan fingerprint density at radius 1 is 1.43 bits per heavy atom. The van der Waals surface area contributed by atoms with E-state index >= 15 is 4.39 Å². The number of carbonyl (C=O) groups excluding carboxylic acids is 1. The molecule has 1 atom stereocenters. The van der Waals surface area contributed by atoms with Crippen LogP contribution in [0.25, 0.3) is 0 Å². The first-order valence-corrected chi connectivity index (χ1v) is 9.21. The number of aryl methyl sites for hydroxylation is 2. The molecule has 28 heavy (non-hydrogen) atoms. The molecule has 0 bridgehead atoms. The van der Waals surface area contributed by atoms with Crippen LogP contribution in [0.15, 0.2) is 30.6 Å². The predicted octanol–water partition coefficient (Wildman–Crippen LogP) is 4.80. The lowest BCUT2D eigenvalue weighted by Crippen LogP contribution is -2.44. The first-order chi connectivity index (χ1) is 15.6. The molecule has 0 saturated carbocycles. The maximum absolute atomic E-state index is 15.8. The molecule has 2 heterocycles. The van der Waals surface area contributed by atoms with Crippen molar-refractivity contribution >= 4 is 17.5 Å². The molecule has 1 saturated heterocycles. The molecule has 3 rings (SSSR count). The number of hydrogen-bond acceptors (Lipinski definition) is 3. The van der Waals surface area contributed by atoms with Crippen molar-refractivity contribution in [1.29, 1.82) is 0 Å². The van der Waals surface area contributed by atoms with Gasteiger partial charge in [-0.15, -0.1) is 0 Å². The van der Waals surface area contributed by atoms with Crippen LogP contribution in [-0.4, -0.2) is 39.5 Å². The average Bonchev–Trinajstić information content (AvgIpc) is 2.72. The summed E-state index contributed by atoms with van der Waals surface area (Å²) in [5.74, 6) is -1.34. The molecule has 150 valence electrons. The highest BCUT2D eigenvalue weighted by molar-refractivity contribution is 6.31. The van der Waals surface area contributed by atoms with E-state index in [9.17, 15) is 9.18 Å². The van der Waals surface area contributed by atoms with E-state index in [1.807, 2.05) is 0 Å². The number of amides is 1. The smallest absolute Gasteiger partial charge is 0.253 e. The molecular weight excluding hydrogens is 384 g/mol. The van der Waals surface area contributed by atoms with Gasteiger partial charge in [-0.1, -0.05) is 18.5 Å². The summed E-state index contributed by atoms with van der Waals surface area (Å²) in [5, 5.41) is -0.336. The number of alkyl halides is 1. The third-order valence-electron chi connectivity index (χ3n) is 4.48. The monoisotopic (exact) mass is 413 g/mol. The van der Waals surface area contributed by atoms with Crippen molar-refractivity contribution in [3.8, 4) is 0 Å². The molecule has 1 aromatic carbocycles. The van der Waals surface area contributed by atoms with Crippen LogP contribution < -0.4 is 0 Å². The second-order valence-electron chi connectivity index (χ2n) is 6.49. The lowest BCUT2D eigenvalue weighted by molar-refractivity contribution is 0.0389. The fraction of sp³-hybridized carbons (Fsp3) is 0.476. The van der Waals surface area contributed by atoms with Crippen LogP contribution in [0.2, 0.25) is 5.02 Å². The number of aromatic nitrogens is 2. The van der Waals surface area contributed by atoms with Crippen molar-refractivity contribution in [3.63, 3.8) is 0 Å². The number of carbonyl (C=O) groups is 1. The molecule has 0 N–H and O–H groups in total. The molecule has 1 unspecified atom stereocenters. The van der Waals surface area contributed by atoms with Gasteiger partial charge in [-0.3, -0.25) is 4.79 Å². The van der Waals surface area contributed by atoms with Gasteiger partial charge in [0, 0.05) is 45.6 Å². The Labute approximate surface area is 177 Å². The summed E-state index contributed by atoms with van der Waals surface area (Å²) < 4.78 is 77.6. The summed E-state index contributed by atoms with van der Waals surface area (Å²) in [4.78, 5) is 21.6. The highest BCUT2D eigenvalue weighted by atomic mass is 35.5. The van der Waals surface area contributed by atoms with Gasteiger partial charge in [0.25, 0.3) is 5.91 Å². The molecule has 1 fully saturated rings. The normalized spacial score (nSPS) is 26.9. The SMILES string of the molecule is [2H]C([2H])(C)c1cnc(CCCC2(F)CC([2H])([2H])N(C(=O)c3ccc(F)c(Cl)c3)CC2([2H])[2H])nc1. The molecule has 1 aliphatic heterocycles. The second kappa shape index (κ2) is 8.95. The number of benzene rings is 1. The van der Waals surface area contributed by atoms with Crippen LogP contribution in [0.5, 0.6) is 0 Å². The van der Waals surface area contributed by atoms with Crippen LogP contribution in [0.3, 0.4) is 0 Å². The lowest BCUT2D eigenvalue weighted by atomic mass is 9.88. The Morgan fingerprint density at radius 3 is 2.86 bits per heavy atom. The van der Waals surface area contributed by atoms with Crippen molar-refractivity contribution in [1.82, 2.24) is 14.9 Å². The minimum absolute atomic E-state index is 0.117. The number of halogens is 3. The Balaban J connectivity index is 1.71. The summed E-state index contributed by atoms with van der Waals surface area (Å²) >= 11 is 5.71. The molecule has 7 heteroatoms. The minimum Gasteiger partial charge on any atom is -0.338 e. The van der Waals surface area contributed by atoms with Crippen LogP contribution in [-0.2, 0) is 12.8 Å². The highest BCUT2D eigenvalue weighted by Crippen LogP contribution is 2.32. The lowest BCUT2D eigenvalue weighted by Gasteiger charge is -2.36. The van der Waals surface area contributed by atoms with E-state index in [0.717, 1.165) is 18.2 Å². The Bertz CT molecular complexity index is 1070. The predicted molar refractivity (Wildman–Crippen MR) is 105 cm³/mol. The van der Waals surface area contributed by atoms with Gasteiger partial charge in [0.05, 0.1) is 5.02 Å². The van der Waals surface area contributed by atoms with Crippen LogP contribution in [0.4, 0.5) is 8.78 Å². The zero-order chi connectivity index (χ0) is 25.5. The summed E-state index contributed by atoms with van der Waals surface area (Å²) in [6.07, 6.45) is -2.38. The van der Waals surface area contributed by atoms with Gasteiger partial charge in [0.2, 0.25) is 0 Å². The summed E-state index contributed by atoms with van der Waals surface area (Å²) in [5.41, 5.74) is -2.40. The molecule has 4 nitrogen and oxygen atoms in total. The van der Waals surface area contributed by atoms with Crippen molar-refractivity contribution in [3.05, 3.63) is 58.4 Å². The van der Waals surface area contributed by atoms with Gasteiger partial charge >= 0.3 is 0 Å². The molecule has 2 aromatic rings. The van der Waals surface area contributed by atoms with E-state index in [2.05, 4.69) is 9.97 Å². The highest BCUT2D eigenvalue weighted by Gasteiger charge is 2.35. The molecular formula is C21H24ClF2N3O. The fourth-order valence-corrected chi connectivity index (χ4v) is 2.99. The standard InChI is InChI=1S/C21H24ClF2N3O/c1-2-15-13-25-19(26-14-15)4-3-7-21(24)8-10-27(11-9-21)20(28)16-5-6-18(23)17(22)12-16/h5-6,12-14H,2-4,7-11H2,1H3/i2D2,8D2,11D2. The minimum atomic E-state index is -2.56. The molecule has 1 aliphatic rings. The largest absolute Gasteiger partial charge is 0.338 e. The van der Waals surface area contributed by atoms with Crippen molar-refractivity contribution in [2.75, 3.05) is 13.0 Å². The van der Waals surface area contributed by atoms with Gasteiger partial charge in [-0.2, -0.15) is 0 Å². The molecule has 0 aliphatic carbocycles. The Kier molecular flexibility index (Phi) is 4.47. The zero-order valence-corrected chi connectivity index (χ0v) is 16.1.